The van der Waals surface area contributed by atoms with Crippen LogP contribution >= 0.6 is 0 Å². The molecule has 1 aromatic heterocycles. The molecular weight excluding hydrogens is 364 g/mol. The van der Waals surface area contributed by atoms with Crippen molar-refractivity contribution in [2.75, 3.05) is 18.6 Å². The summed E-state index contributed by atoms with van der Waals surface area (Å²) in [6, 6.07) is 18.0. The molecule has 29 heavy (non-hydrogen) atoms. The monoisotopic (exact) mass is 388 g/mol. The van der Waals surface area contributed by atoms with Crippen LogP contribution in [0.4, 0.5) is 11.6 Å². The normalized spacial score (nSPS) is 15.1. The molecule has 1 atom stereocenters. The first kappa shape index (κ1) is 18.9. The second kappa shape index (κ2) is 8.31. The molecule has 0 radical (unpaired) electrons. The summed E-state index contributed by atoms with van der Waals surface area (Å²) < 4.78 is 5.36. The van der Waals surface area contributed by atoms with Gasteiger partial charge in [0.1, 0.15) is 11.4 Å². The third-order valence-corrected chi connectivity index (χ3v) is 5.17. The predicted molar refractivity (Wildman–Crippen MR) is 113 cm³/mol. The summed E-state index contributed by atoms with van der Waals surface area (Å²) in [5.41, 5.74) is 3.80. The van der Waals surface area contributed by atoms with Crippen LogP contribution in [0.1, 0.15) is 28.5 Å². The smallest absolute Gasteiger partial charge is 0.270 e. The van der Waals surface area contributed by atoms with E-state index in [1.165, 1.54) is 5.56 Å². The number of carbonyl (C=O) groups is 1. The Bertz CT molecular complexity index is 1020. The van der Waals surface area contributed by atoms with E-state index in [9.17, 15) is 4.79 Å². The number of nitrogens with zero attached hydrogens (tertiary/aromatic N) is 3. The van der Waals surface area contributed by atoms with Crippen LogP contribution in [0.25, 0.3) is 0 Å². The number of ether oxygens (including phenoxy) is 1. The first-order chi connectivity index (χ1) is 14.2. The highest BCUT2D eigenvalue weighted by atomic mass is 16.5. The van der Waals surface area contributed by atoms with Gasteiger partial charge in [-0.15, -0.1) is 0 Å². The van der Waals surface area contributed by atoms with Crippen molar-refractivity contribution in [2.24, 2.45) is 0 Å². The summed E-state index contributed by atoms with van der Waals surface area (Å²) in [5, 5.41) is 2.94. The van der Waals surface area contributed by atoms with Crippen molar-refractivity contribution >= 4 is 17.5 Å². The standard InChI is InChI=1S/C23H24N4O2/c1-16-15-18-8-3-5-9-20(18)27(16)23-25-14-12-19(26-23)22(28)24-13-11-17-7-4-6-10-21(17)29-2/h3-10,12,14,16H,11,13,15H2,1-2H3,(H,24,28). The largest absolute Gasteiger partial charge is 0.496 e. The fourth-order valence-electron chi connectivity index (χ4n) is 3.77. The highest BCUT2D eigenvalue weighted by molar-refractivity contribution is 5.92. The van der Waals surface area contributed by atoms with Gasteiger partial charge in [-0.1, -0.05) is 36.4 Å². The molecule has 2 heterocycles. The van der Waals surface area contributed by atoms with E-state index in [0.29, 0.717) is 24.6 Å². The molecule has 0 bridgehead atoms. The lowest BCUT2D eigenvalue weighted by Gasteiger charge is -2.22. The number of anilines is 2. The molecule has 0 spiro atoms. The van der Waals surface area contributed by atoms with E-state index < -0.39 is 0 Å². The van der Waals surface area contributed by atoms with Crippen molar-refractivity contribution in [2.45, 2.75) is 25.8 Å². The molecule has 1 aliphatic heterocycles. The zero-order valence-corrected chi connectivity index (χ0v) is 16.6. The number of nitrogens with one attached hydrogen (secondary N) is 1. The Morgan fingerprint density at radius 2 is 1.97 bits per heavy atom. The van der Waals surface area contributed by atoms with Crippen LogP contribution in [-0.4, -0.2) is 35.6 Å². The lowest BCUT2D eigenvalue weighted by atomic mass is 10.1. The number of hydrogen-bond acceptors (Lipinski definition) is 5. The van der Waals surface area contributed by atoms with Crippen molar-refractivity contribution in [1.29, 1.82) is 0 Å². The summed E-state index contributed by atoms with van der Waals surface area (Å²) in [4.78, 5) is 23.7. The second-order valence-corrected chi connectivity index (χ2v) is 7.11. The van der Waals surface area contributed by atoms with Gasteiger partial charge in [0.2, 0.25) is 5.95 Å². The summed E-state index contributed by atoms with van der Waals surface area (Å²) in [6.45, 7) is 2.64. The Kier molecular flexibility index (Phi) is 5.42. The topological polar surface area (TPSA) is 67.3 Å². The van der Waals surface area contributed by atoms with Gasteiger partial charge >= 0.3 is 0 Å². The number of methoxy groups -OCH3 is 1. The van der Waals surface area contributed by atoms with Gasteiger partial charge in [0.25, 0.3) is 5.91 Å². The van der Waals surface area contributed by atoms with Gasteiger partial charge in [-0.2, -0.15) is 0 Å². The van der Waals surface area contributed by atoms with E-state index >= 15 is 0 Å². The van der Waals surface area contributed by atoms with E-state index in [1.807, 2.05) is 36.4 Å². The number of benzene rings is 2. The lowest BCUT2D eigenvalue weighted by Crippen LogP contribution is -2.29. The number of fused-ring (bicyclic) bond motifs is 1. The van der Waals surface area contributed by atoms with Gasteiger partial charge in [0, 0.05) is 24.5 Å². The Labute approximate surface area is 170 Å². The summed E-state index contributed by atoms with van der Waals surface area (Å²) in [5.74, 6) is 1.18. The highest BCUT2D eigenvalue weighted by Gasteiger charge is 2.29. The van der Waals surface area contributed by atoms with Crippen molar-refractivity contribution in [3.8, 4) is 5.75 Å². The van der Waals surface area contributed by atoms with E-state index in [4.69, 9.17) is 4.74 Å². The minimum Gasteiger partial charge on any atom is -0.496 e. The molecular formula is C23H24N4O2. The molecule has 6 nitrogen and oxygen atoms in total. The molecule has 0 fully saturated rings. The predicted octanol–water partition coefficient (Wildman–Crippen LogP) is 3.54. The molecule has 4 rings (SSSR count). The Hall–Kier alpha value is -3.41. The van der Waals surface area contributed by atoms with Crippen LogP contribution in [0.15, 0.2) is 60.8 Å². The van der Waals surface area contributed by atoms with Crippen molar-refractivity contribution in [1.82, 2.24) is 15.3 Å². The Balaban J connectivity index is 1.45. The Morgan fingerprint density at radius 3 is 2.83 bits per heavy atom. The molecule has 3 aromatic rings. The molecule has 2 aromatic carbocycles. The van der Waals surface area contributed by atoms with E-state index in [0.717, 1.165) is 23.4 Å². The minimum absolute atomic E-state index is 0.205. The third-order valence-electron chi connectivity index (χ3n) is 5.17. The second-order valence-electron chi connectivity index (χ2n) is 7.11. The van der Waals surface area contributed by atoms with E-state index in [2.05, 4.69) is 39.2 Å². The Morgan fingerprint density at radius 1 is 1.17 bits per heavy atom. The van der Waals surface area contributed by atoms with Gasteiger partial charge in [-0.3, -0.25) is 4.79 Å². The van der Waals surface area contributed by atoms with Crippen molar-refractivity contribution < 1.29 is 9.53 Å². The average Bonchev–Trinajstić information content (AvgIpc) is 3.09. The van der Waals surface area contributed by atoms with E-state index in [-0.39, 0.29) is 11.9 Å². The van der Waals surface area contributed by atoms with Crippen LogP contribution < -0.4 is 15.0 Å². The minimum atomic E-state index is -0.205. The maximum Gasteiger partial charge on any atom is 0.270 e. The summed E-state index contributed by atoms with van der Waals surface area (Å²) in [7, 11) is 1.65. The van der Waals surface area contributed by atoms with Gasteiger partial charge in [0.05, 0.1) is 7.11 Å². The maximum absolute atomic E-state index is 12.6. The van der Waals surface area contributed by atoms with Gasteiger partial charge in [-0.25, -0.2) is 9.97 Å². The number of carbonyl (C=O) groups excluding carboxylic acids is 1. The fraction of sp³-hybridized carbons (Fsp3) is 0.261. The van der Waals surface area contributed by atoms with Crippen LogP contribution in [0, 0.1) is 0 Å². The quantitative estimate of drug-likeness (QED) is 0.700. The summed E-state index contributed by atoms with van der Waals surface area (Å²) >= 11 is 0. The summed E-state index contributed by atoms with van der Waals surface area (Å²) in [6.07, 6.45) is 3.27. The fourth-order valence-corrected chi connectivity index (χ4v) is 3.77. The van der Waals surface area contributed by atoms with Gasteiger partial charge in [0.15, 0.2) is 0 Å². The lowest BCUT2D eigenvalue weighted by molar-refractivity contribution is 0.0949. The average molecular weight is 388 g/mol. The van der Waals surface area contributed by atoms with Gasteiger partial charge in [-0.05, 0) is 49.1 Å². The molecule has 1 amide bonds. The molecule has 6 heteroatoms. The van der Waals surface area contributed by atoms with Crippen molar-refractivity contribution in [3.63, 3.8) is 0 Å². The van der Waals surface area contributed by atoms with Crippen LogP contribution in [0.2, 0.25) is 0 Å². The molecule has 1 unspecified atom stereocenters. The SMILES string of the molecule is COc1ccccc1CCNC(=O)c1ccnc(N2c3ccccc3CC2C)n1. The number of aromatic nitrogens is 2. The van der Waals surface area contributed by atoms with Crippen LogP contribution in [-0.2, 0) is 12.8 Å². The molecule has 1 aliphatic rings. The van der Waals surface area contributed by atoms with E-state index in [1.54, 1.807) is 19.4 Å². The highest BCUT2D eigenvalue weighted by Crippen LogP contribution is 2.36. The molecule has 0 saturated carbocycles. The van der Waals surface area contributed by atoms with Crippen molar-refractivity contribution in [3.05, 3.63) is 77.6 Å². The van der Waals surface area contributed by atoms with Gasteiger partial charge < -0.3 is 15.0 Å². The first-order valence-corrected chi connectivity index (χ1v) is 9.77. The molecule has 1 N–H and O–H groups in total. The number of rotatable bonds is 6. The third kappa shape index (κ3) is 3.92. The molecule has 0 aliphatic carbocycles. The number of para-hydroxylation sites is 2. The molecule has 0 saturated heterocycles. The van der Waals surface area contributed by atoms with Crippen LogP contribution in [0.5, 0.6) is 5.75 Å². The number of hydrogen-bond donors (Lipinski definition) is 1. The van der Waals surface area contributed by atoms with Crippen LogP contribution in [0.3, 0.4) is 0 Å². The zero-order valence-electron chi connectivity index (χ0n) is 16.6. The first-order valence-electron chi connectivity index (χ1n) is 9.77. The number of amides is 1. The zero-order chi connectivity index (χ0) is 20.2. The molecule has 148 valence electrons. The maximum atomic E-state index is 12.6.